The topological polar surface area (TPSA) is 46.2 Å². The fourth-order valence-electron chi connectivity index (χ4n) is 2.56. The quantitative estimate of drug-likeness (QED) is 0.855. The number of benzene rings is 1. The molecule has 17 heavy (non-hydrogen) atoms. The molecule has 0 aromatic heterocycles. The van der Waals surface area contributed by atoms with E-state index >= 15 is 0 Å². The fraction of sp³-hybridized carbons (Fsp3) is 0.538. The summed E-state index contributed by atoms with van der Waals surface area (Å²) in [5, 5.41) is 9.89. The van der Waals surface area contributed by atoms with Gasteiger partial charge in [0.25, 0.3) is 0 Å². The first-order valence-corrected chi connectivity index (χ1v) is 5.85. The molecule has 1 fully saturated rings. The number of phenols is 1. The summed E-state index contributed by atoms with van der Waals surface area (Å²) in [4.78, 5) is 0. The van der Waals surface area contributed by atoms with Gasteiger partial charge in [-0.05, 0) is 37.3 Å². The SMILES string of the molecule is Cc1ccc(F)c([C@H](N)C2CCCC2)c1O.Cl. The van der Waals surface area contributed by atoms with Gasteiger partial charge in [0.1, 0.15) is 11.6 Å². The minimum absolute atomic E-state index is 0. The van der Waals surface area contributed by atoms with Crippen molar-refractivity contribution in [1.82, 2.24) is 0 Å². The smallest absolute Gasteiger partial charge is 0.131 e. The zero-order valence-corrected chi connectivity index (χ0v) is 10.8. The minimum Gasteiger partial charge on any atom is -0.507 e. The van der Waals surface area contributed by atoms with Gasteiger partial charge in [0.2, 0.25) is 0 Å². The van der Waals surface area contributed by atoms with Gasteiger partial charge in [-0.2, -0.15) is 0 Å². The number of rotatable bonds is 2. The van der Waals surface area contributed by atoms with Crippen LogP contribution in [0, 0.1) is 18.7 Å². The normalized spacial score (nSPS) is 17.8. The summed E-state index contributed by atoms with van der Waals surface area (Å²) in [6.45, 7) is 1.76. The average molecular weight is 260 g/mol. The maximum Gasteiger partial charge on any atom is 0.131 e. The number of hydrogen-bond donors (Lipinski definition) is 2. The number of phenolic OH excluding ortho intramolecular Hbond substituents is 1. The molecular weight excluding hydrogens is 241 g/mol. The molecule has 0 bridgehead atoms. The van der Waals surface area contributed by atoms with Gasteiger partial charge >= 0.3 is 0 Å². The summed E-state index contributed by atoms with van der Waals surface area (Å²) in [5.74, 6) is -0.0518. The molecule has 0 spiro atoms. The minimum atomic E-state index is -0.387. The summed E-state index contributed by atoms with van der Waals surface area (Å²) in [6.07, 6.45) is 4.39. The third-order valence-corrected chi connectivity index (χ3v) is 3.61. The molecule has 3 N–H and O–H groups in total. The number of hydrogen-bond acceptors (Lipinski definition) is 2. The second kappa shape index (κ2) is 5.69. The van der Waals surface area contributed by atoms with Crippen molar-refractivity contribution in [3.05, 3.63) is 29.1 Å². The molecule has 2 nitrogen and oxygen atoms in total. The number of halogens is 2. The Morgan fingerprint density at radius 2 is 1.94 bits per heavy atom. The average Bonchev–Trinajstić information content (AvgIpc) is 2.77. The summed E-state index contributed by atoms with van der Waals surface area (Å²) in [7, 11) is 0. The van der Waals surface area contributed by atoms with Gasteiger partial charge < -0.3 is 10.8 Å². The molecule has 2 rings (SSSR count). The van der Waals surface area contributed by atoms with Crippen LogP contribution >= 0.6 is 12.4 Å². The molecule has 1 aliphatic carbocycles. The molecule has 0 radical (unpaired) electrons. The van der Waals surface area contributed by atoms with Gasteiger partial charge in [-0.25, -0.2) is 4.39 Å². The molecule has 96 valence electrons. The Bertz CT molecular complexity index is 391. The van der Waals surface area contributed by atoms with E-state index in [2.05, 4.69) is 0 Å². The molecule has 1 aromatic rings. The van der Waals surface area contributed by atoms with Crippen molar-refractivity contribution >= 4 is 12.4 Å². The van der Waals surface area contributed by atoms with Crippen molar-refractivity contribution in [2.75, 3.05) is 0 Å². The van der Waals surface area contributed by atoms with Crippen LogP contribution in [-0.4, -0.2) is 5.11 Å². The summed E-state index contributed by atoms with van der Waals surface area (Å²) >= 11 is 0. The van der Waals surface area contributed by atoms with E-state index in [9.17, 15) is 9.50 Å². The Balaban J connectivity index is 0.00000144. The van der Waals surface area contributed by atoms with Gasteiger partial charge in [0.05, 0.1) is 0 Å². The molecule has 1 aliphatic rings. The van der Waals surface area contributed by atoms with Crippen LogP contribution in [0.3, 0.4) is 0 Å². The summed E-state index contributed by atoms with van der Waals surface area (Å²) in [5.41, 5.74) is 7.05. The van der Waals surface area contributed by atoms with Crippen LogP contribution in [0.1, 0.15) is 42.9 Å². The van der Waals surface area contributed by atoms with Crippen molar-refractivity contribution in [3.63, 3.8) is 0 Å². The number of nitrogens with two attached hydrogens (primary N) is 1. The maximum absolute atomic E-state index is 13.7. The van der Waals surface area contributed by atoms with Crippen LogP contribution in [0.5, 0.6) is 5.75 Å². The van der Waals surface area contributed by atoms with E-state index in [1.165, 1.54) is 6.07 Å². The largest absolute Gasteiger partial charge is 0.507 e. The molecule has 0 saturated heterocycles. The molecular formula is C13H19ClFNO. The zero-order chi connectivity index (χ0) is 11.7. The van der Waals surface area contributed by atoms with E-state index in [1.54, 1.807) is 13.0 Å². The molecule has 4 heteroatoms. The summed E-state index contributed by atoms with van der Waals surface area (Å²) < 4.78 is 13.7. The second-order valence-electron chi connectivity index (χ2n) is 4.70. The highest BCUT2D eigenvalue weighted by atomic mass is 35.5. The molecule has 0 unspecified atom stereocenters. The lowest BCUT2D eigenvalue weighted by atomic mass is 9.90. The van der Waals surface area contributed by atoms with Crippen LogP contribution in [0.15, 0.2) is 12.1 Å². The standard InChI is InChI=1S/C13H18FNO.ClH/c1-8-6-7-10(14)11(13(8)16)12(15)9-4-2-3-5-9;/h6-7,9,12,16H,2-5,15H2,1H3;1H/t12-;/m1./s1. The van der Waals surface area contributed by atoms with Crippen LogP contribution in [-0.2, 0) is 0 Å². The maximum atomic E-state index is 13.7. The van der Waals surface area contributed by atoms with Gasteiger partial charge in [-0.15, -0.1) is 12.4 Å². The van der Waals surface area contributed by atoms with Gasteiger partial charge in [-0.1, -0.05) is 18.9 Å². The highest BCUT2D eigenvalue weighted by molar-refractivity contribution is 5.85. The van der Waals surface area contributed by atoms with Crippen molar-refractivity contribution < 1.29 is 9.50 Å². The Hall–Kier alpha value is -0.800. The predicted octanol–water partition coefficient (Wildman–Crippen LogP) is 3.45. The molecule has 1 atom stereocenters. The van der Waals surface area contributed by atoms with Crippen LogP contribution in [0.4, 0.5) is 4.39 Å². The second-order valence-corrected chi connectivity index (χ2v) is 4.70. The van der Waals surface area contributed by atoms with Crippen molar-refractivity contribution in [2.24, 2.45) is 11.7 Å². The first-order chi connectivity index (χ1) is 7.61. The zero-order valence-electron chi connectivity index (χ0n) is 9.95. The van der Waals surface area contributed by atoms with Crippen LogP contribution in [0.2, 0.25) is 0 Å². The Kier molecular flexibility index (Phi) is 4.78. The van der Waals surface area contributed by atoms with Crippen molar-refractivity contribution in [1.29, 1.82) is 0 Å². The Morgan fingerprint density at radius 1 is 1.35 bits per heavy atom. The van der Waals surface area contributed by atoms with Crippen LogP contribution < -0.4 is 5.73 Å². The van der Waals surface area contributed by atoms with Crippen molar-refractivity contribution in [3.8, 4) is 5.75 Å². The Morgan fingerprint density at radius 3 is 2.53 bits per heavy atom. The van der Waals surface area contributed by atoms with Gasteiger partial charge in [0, 0.05) is 11.6 Å². The highest BCUT2D eigenvalue weighted by Crippen LogP contribution is 2.39. The highest BCUT2D eigenvalue weighted by Gasteiger charge is 2.27. The van der Waals surface area contributed by atoms with E-state index in [-0.39, 0.29) is 30.0 Å². The van der Waals surface area contributed by atoms with Crippen LogP contribution in [0.25, 0.3) is 0 Å². The third-order valence-electron chi connectivity index (χ3n) is 3.61. The first-order valence-electron chi connectivity index (χ1n) is 5.85. The lowest BCUT2D eigenvalue weighted by molar-refractivity contribution is 0.394. The lowest BCUT2D eigenvalue weighted by Gasteiger charge is -2.21. The van der Waals surface area contributed by atoms with Gasteiger partial charge in [0.15, 0.2) is 0 Å². The summed E-state index contributed by atoms with van der Waals surface area (Å²) in [6, 6.07) is 2.59. The van der Waals surface area contributed by atoms with Crippen molar-refractivity contribution in [2.45, 2.75) is 38.6 Å². The lowest BCUT2D eigenvalue weighted by Crippen LogP contribution is -2.20. The third kappa shape index (κ3) is 2.72. The number of aromatic hydroxyl groups is 1. The van der Waals surface area contributed by atoms with E-state index in [0.717, 1.165) is 25.7 Å². The van der Waals surface area contributed by atoms with E-state index in [0.29, 0.717) is 17.0 Å². The molecule has 1 aromatic carbocycles. The fourth-order valence-corrected chi connectivity index (χ4v) is 2.56. The molecule has 0 aliphatic heterocycles. The van der Waals surface area contributed by atoms with E-state index < -0.39 is 0 Å². The predicted molar refractivity (Wildman–Crippen MR) is 68.9 cm³/mol. The van der Waals surface area contributed by atoms with E-state index in [1.807, 2.05) is 0 Å². The van der Waals surface area contributed by atoms with E-state index in [4.69, 9.17) is 5.73 Å². The monoisotopic (exact) mass is 259 g/mol. The number of aryl methyl sites for hydroxylation is 1. The molecule has 0 amide bonds. The first kappa shape index (κ1) is 14.3. The molecule has 1 saturated carbocycles. The van der Waals surface area contributed by atoms with Gasteiger partial charge in [-0.3, -0.25) is 0 Å². The Labute approximate surface area is 107 Å². The molecule has 0 heterocycles.